The first-order valence-corrected chi connectivity index (χ1v) is 7.89. The second-order valence-electron chi connectivity index (χ2n) is 4.35. The Bertz CT molecular complexity index is 423. The summed E-state index contributed by atoms with van der Waals surface area (Å²) in [6.07, 6.45) is 2.27. The number of rotatable bonds is 7. The lowest BCUT2D eigenvalue weighted by atomic mass is 9.91. The van der Waals surface area contributed by atoms with Gasteiger partial charge in [0.05, 0.1) is 12.7 Å². The summed E-state index contributed by atoms with van der Waals surface area (Å²) in [7, 11) is 1.39. The second kappa shape index (κ2) is 9.61. The van der Waals surface area contributed by atoms with E-state index in [0.717, 1.165) is 18.4 Å². The Balaban J connectivity index is 0.00000361. The third kappa shape index (κ3) is 5.60. The molecule has 0 saturated carbocycles. The van der Waals surface area contributed by atoms with Crippen LogP contribution in [0.3, 0.4) is 0 Å². The molecule has 0 fully saturated rings. The molecule has 0 aliphatic rings. The Kier molecular flexibility index (Phi) is 9.47. The van der Waals surface area contributed by atoms with Gasteiger partial charge in [0.25, 0.3) is 0 Å². The van der Waals surface area contributed by atoms with Gasteiger partial charge in [-0.3, -0.25) is 0 Å². The topological polar surface area (TPSA) is 62.8 Å². The van der Waals surface area contributed by atoms with Crippen LogP contribution in [-0.2, 0) is 11.2 Å². The standard InChI is InChI=1S/C14H17BrCl2O2.H3N/c1-19-13(18)12-5-3-2-4-11(12)10-14(15,6-8-16)7-9-17;/h2-5H,6-10H2,1H3;1H3/p+1. The minimum absolute atomic E-state index is 0. The van der Waals surface area contributed by atoms with Crippen molar-refractivity contribution in [1.82, 2.24) is 6.15 Å². The number of benzene rings is 1. The van der Waals surface area contributed by atoms with Crippen molar-refractivity contribution in [2.75, 3.05) is 18.9 Å². The van der Waals surface area contributed by atoms with Crippen LogP contribution in [-0.4, -0.2) is 29.2 Å². The highest BCUT2D eigenvalue weighted by Gasteiger charge is 2.27. The number of hydrogen-bond donors (Lipinski definition) is 1. The predicted octanol–water partition coefficient (Wildman–Crippen LogP) is 4.78. The Morgan fingerprint density at radius 1 is 1.25 bits per heavy atom. The first-order chi connectivity index (χ1) is 9.06. The molecule has 0 amide bonds. The van der Waals surface area contributed by atoms with Gasteiger partial charge in [-0.25, -0.2) is 4.79 Å². The maximum absolute atomic E-state index is 11.7. The van der Waals surface area contributed by atoms with Gasteiger partial charge >= 0.3 is 5.97 Å². The van der Waals surface area contributed by atoms with E-state index in [2.05, 4.69) is 15.9 Å². The molecule has 0 spiro atoms. The fourth-order valence-corrected chi connectivity index (χ4v) is 3.84. The number of quaternary nitrogens is 1. The van der Waals surface area contributed by atoms with Crippen molar-refractivity contribution < 1.29 is 9.53 Å². The molecule has 0 saturated heterocycles. The van der Waals surface area contributed by atoms with Crippen molar-refractivity contribution in [3.63, 3.8) is 0 Å². The molecule has 114 valence electrons. The summed E-state index contributed by atoms with van der Waals surface area (Å²) >= 11 is 15.4. The van der Waals surface area contributed by atoms with Crippen molar-refractivity contribution in [2.45, 2.75) is 23.6 Å². The predicted molar refractivity (Wildman–Crippen MR) is 89.8 cm³/mol. The zero-order valence-corrected chi connectivity index (χ0v) is 14.9. The maximum Gasteiger partial charge on any atom is 0.338 e. The number of esters is 1. The maximum atomic E-state index is 11.7. The Hall–Kier alpha value is -0.290. The highest BCUT2D eigenvalue weighted by atomic mass is 79.9. The van der Waals surface area contributed by atoms with Gasteiger partial charge in [0, 0.05) is 16.1 Å². The number of hydrogen-bond acceptors (Lipinski definition) is 2. The molecular weight excluding hydrogens is 365 g/mol. The molecule has 0 atom stereocenters. The normalized spacial score (nSPS) is 10.8. The van der Waals surface area contributed by atoms with E-state index in [1.807, 2.05) is 18.2 Å². The van der Waals surface area contributed by atoms with Crippen molar-refractivity contribution in [3.05, 3.63) is 35.4 Å². The third-order valence-corrected chi connectivity index (χ3v) is 4.47. The van der Waals surface area contributed by atoms with Gasteiger partial charge in [-0.2, -0.15) is 0 Å². The van der Waals surface area contributed by atoms with Gasteiger partial charge in [-0.05, 0) is 30.9 Å². The van der Waals surface area contributed by atoms with E-state index in [0.29, 0.717) is 23.7 Å². The molecule has 0 aliphatic heterocycles. The molecule has 4 N–H and O–H groups in total. The molecule has 0 unspecified atom stereocenters. The van der Waals surface area contributed by atoms with Gasteiger partial charge in [0.1, 0.15) is 0 Å². The summed E-state index contributed by atoms with van der Waals surface area (Å²) in [6, 6.07) is 7.45. The highest BCUT2D eigenvalue weighted by molar-refractivity contribution is 9.10. The minimum atomic E-state index is -0.317. The summed E-state index contributed by atoms with van der Waals surface area (Å²) in [5.74, 6) is 0.771. The lowest BCUT2D eigenvalue weighted by Gasteiger charge is -2.27. The van der Waals surface area contributed by atoms with E-state index in [-0.39, 0.29) is 16.4 Å². The zero-order chi connectivity index (χ0) is 14.3. The van der Waals surface area contributed by atoms with Crippen LogP contribution in [0.15, 0.2) is 24.3 Å². The lowest BCUT2D eigenvalue weighted by molar-refractivity contribution is 0.0599. The molecule has 1 aromatic rings. The molecule has 0 aliphatic carbocycles. The molecule has 1 rings (SSSR count). The highest BCUT2D eigenvalue weighted by Crippen LogP contribution is 2.33. The molecule has 0 radical (unpaired) electrons. The first-order valence-electron chi connectivity index (χ1n) is 6.03. The smallest absolute Gasteiger partial charge is 0.338 e. The molecule has 0 aromatic heterocycles. The first kappa shape index (κ1) is 19.7. The van der Waals surface area contributed by atoms with Crippen LogP contribution in [0.1, 0.15) is 28.8 Å². The van der Waals surface area contributed by atoms with Crippen LogP contribution in [0.2, 0.25) is 0 Å². The van der Waals surface area contributed by atoms with Gasteiger partial charge < -0.3 is 10.9 Å². The number of ether oxygens (including phenoxy) is 1. The number of halogens is 3. The van der Waals surface area contributed by atoms with E-state index >= 15 is 0 Å². The third-order valence-electron chi connectivity index (χ3n) is 3.02. The van der Waals surface area contributed by atoms with Gasteiger partial charge in [0.15, 0.2) is 0 Å². The quantitative estimate of drug-likeness (QED) is 0.542. The minimum Gasteiger partial charge on any atom is -0.465 e. The number of carbonyl (C=O) groups is 1. The van der Waals surface area contributed by atoms with Crippen LogP contribution >= 0.6 is 39.1 Å². The van der Waals surface area contributed by atoms with E-state index in [1.54, 1.807) is 6.07 Å². The van der Waals surface area contributed by atoms with Gasteiger partial charge in [-0.1, -0.05) is 34.1 Å². The number of methoxy groups -OCH3 is 1. The average molecular weight is 386 g/mol. The van der Waals surface area contributed by atoms with Crippen molar-refractivity contribution in [2.24, 2.45) is 0 Å². The summed E-state index contributed by atoms with van der Waals surface area (Å²) < 4.78 is 4.63. The molecule has 0 heterocycles. The van der Waals surface area contributed by atoms with Crippen LogP contribution in [0.25, 0.3) is 0 Å². The van der Waals surface area contributed by atoms with Crippen LogP contribution in [0.4, 0.5) is 0 Å². The summed E-state index contributed by atoms with van der Waals surface area (Å²) in [5, 5.41) is 0. The fourth-order valence-electron chi connectivity index (χ4n) is 1.97. The molecule has 1 aromatic carbocycles. The molecular formula is C14H21BrCl2NO2+. The summed E-state index contributed by atoms with van der Waals surface area (Å²) in [4.78, 5) is 11.7. The van der Waals surface area contributed by atoms with Gasteiger partial charge in [-0.15, -0.1) is 23.2 Å². The Morgan fingerprint density at radius 2 is 1.80 bits per heavy atom. The molecule has 6 heteroatoms. The summed E-state index contributed by atoms with van der Waals surface area (Å²) in [5.41, 5.74) is 1.54. The van der Waals surface area contributed by atoms with E-state index in [4.69, 9.17) is 27.9 Å². The van der Waals surface area contributed by atoms with Crippen molar-refractivity contribution in [3.8, 4) is 0 Å². The van der Waals surface area contributed by atoms with E-state index in [1.165, 1.54) is 7.11 Å². The van der Waals surface area contributed by atoms with Crippen molar-refractivity contribution in [1.29, 1.82) is 0 Å². The van der Waals surface area contributed by atoms with E-state index < -0.39 is 0 Å². The van der Waals surface area contributed by atoms with Crippen LogP contribution < -0.4 is 6.15 Å². The molecule has 20 heavy (non-hydrogen) atoms. The molecule has 0 bridgehead atoms. The van der Waals surface area contributed by atoms with Gasteiger partial charge in [0.2, 0.25) is 0 Å². The fraction of sp³-hybridized carbons (Fsp3) is 0.500. The number of carbonyl (C=O) groups excluding carboxylic acids is 1. The summed E-state index contributed by atoms with van der Waals surface area (Å²) in [6.45, 7) is 0. The van der Waals surface area contributed by atoms with Crippen LogP contribution in [0, 0.1) is 0 Å². The van der Waals surface area contributed by atoms with Crippen molar-refractivity contribution >= 4 is 45.1 Å². The Morgan fingerprint density at radius 3 is 2.30 bits per heavy atom. The largest absolute Gasteiger partial charge is 0.465 e. The molecule has 3 nitrogen and oxygen atoms in total. The second-order valence-corrected chi connectivity index (χ2v) is 6.79. The zero-order valence-electron chi connectivity index (χ0n) is 11.8. The van der Waals surface area contributed by atoms with Crippen LogP contribution in [0.5, 0.6) is 0 Å². The monoisotopic (exact) mass is 384 g/mol. The SMILES string of the molecule is COC(=O)c1ccccc1CC(Br)(CCCl)CCCl.[NH4+]. The van der Waals surface area contributed by atoms with E-state index in [9.17, 15) is 4.79 Å². The Labute approximate surface area is 138 Å². The average Bonchev–Trinajstić information content (AvgIpc) is 2.39. The lowest BCUT2D eigenvalue weighted by Crippen LogP contribution is -2.26. The number of alkyl halides is 3.